The molecule has 0 aliphatic rings. The van der Waals surface area contributed by atoms with Crippen LogP contribution >= 0.6 is 0 Å². The SMILES string of the molecule is C=CC[C@@H](O)C[C@@H](C)O[Si](C)(C)C(C)(C)C. The van der Waals surface area contributed by atoms with Gasteiger partial charge in [-0.05, 0) is 37.9 Å². The predicted octanol–water partition coefficient (Wildman–Crippen LogP) is 3.72. The monoisotopic (exact) mass is 244 g/mol. The smallest absolute Gasteiger partial charge is 0.192 e. The zero-order valence-electron chi connectivity index (χ0n) is 11.7. The molecule has 0 amide bonds. The second-order valence-electron chi connectivity index (χ2n) is 6.10. The second kappa shape index (κ2) is 5.99. The molecule has 2 atom stereocenters. The first-order valence-electron chi connectivity index (χ1n) is 6.07. The van der Waals surface area contributed by atoms with Gasteiger partial charge in [-0.1, -0.05) is 26.8 Å². The van der Waals surface area contributed by atoms with Gasteiger partial charge in [-0.3, -0.25) is 0 Å². The summed E-state index contributed by atoms with van der Waals surface area (Å²) >= 11 is 0. The fourth-order valence-corrected chi connectivity index (χ4v) is 2.86. The van der Waals surface area contributed by atoms with Crippen LogP contribution in [0.3, 0.4) is 0 Å². The highest BCUT2D eigenvalue weighted by Crippen LogP contribution is 2.37. The van der Waals surface area contributed by atoms with Crippen LogP contribution in [0.1, 0.15) is 40.5 Å². The molecular formula is C13H28O2Si. The van der Waals surface area contributed by atoms with Gasteiger partial charge in [-0.15, -0.1) is 6.58 Å². The van der Waals surface area contributed by atoms with Gasteiger partial charge >= 0.3 is 0 Å². The zero-order valence-corrected chi connectivity index (χ0v) is 12.7. The van der Waals surface area contributed by atoms with Crippen molar-refractivity contribution in [3.05, 3.63) is 12.7 Å². The van der Waals surface area contributed by atoms with Crippen molar-refractivity contribution in [3.63, 3.8) is 0 Å². The standard InChI is InChI=1S/C13H28O2Si/c1-8-9-12(14)10-11(2)15-16(6,7)13(3,4)5/h8,11-12,14H,1,9-10H2,2-7H3/t11-,12-/m1/s1. The Morgan fingerprint density at radius 2 is 1.88 bits per heavy atom. The van der Waals surface area contributed by atoms with Crippen molar-refractivity contribution in [2.24, 2.45) is 0 Å². The summed E-state index contributed by atoms with van der Waals surface area (Å²) in [7, 11) is -1.69. The highest BCUT2D eigenvalue weighted by molar-refractivity contribution is 6.74. The van der Waals surface area contributed by atoms with Crippen molar-refractivity contribution in [1.29, 1.82) is 0 Å². The van der Waals surface area contributed by atoms with Gasteiger partial charge in [0.15, 0.2) is 8.32 Å². The van der Waals surface area contributed by atoms with E-state index in [1.165, 1.54) is 0 Å². The molecule has 0 saturated heterocycles. The molecule has 0 fully saturated rings. The lowest BCUT2D eigenvalue weighted by Gasteiger charge is -2.38. The van der Waals surface area contributed by atoms with Crippen LogP contribution in [0.25, 0.3) is 0 Å². The first-order valence-corrected chi connectivity index (χ1v) is 8.97. The molecule has 0 aromatic heterocycles. The van der Waals surface area contributed by atoms with E-state index in [4.69, 9.17) is 4.43 Å². The molecule has 0 spiro atoms. The Kier molecular flexibility index (Phi) is 5.94. The molecule has 0 saturated carbocycles. The molecule has 0 radical (unpaired) electrons. The van der Waals surface area contributed by atoms with Gasteiger partial charge < -0.3 is 9.53 Å². The van der Waals surface area contributed by atoms with Crippen LogP contribution in [-0.4, -0.2) is 25.6 Å². The highest BCUT2D eigenvalue weighted by Gasteiger charge is 2.38. The summed E-state index contributed by atoms with van der Waals surface area (Å²) in [5.41, 5.74) is 0. The maximum atomic E-state index is 9.68. The molecule has 0 bridgehead atoms. The van der Waals surface area contributed by atoms with Crippen molar-refractivity contribution in [2.45, 2.75) is 70.9 Å². The minimum absolute atomic E-state index is 0.121. The number of rotatable bonds is 6. The molecule has 0 heterocycles. The lowest BCUT2D eigenvalue weighted by atomic mass is 10.1. The lowest BCUT2D eigenvalue weighted by molar-refractivity contribution is 0.0974. The molecule has 16 heavy (non-hydrogen) atoms. The topological polar surface area (TPSA) is 29.5 Å². The van der Waals surface area contributed by atoms with Gasteiger partial charge in [0.1, 0.15) is 0 Å². The van der Waals surface area contributed by atoms with E-state index in [0.29, 0.717) is 12.8 Å². The Labute approximate surface area is 102 Å². The maximum Gasteiger partial charge on any atom is 0.192 e. The minimum Gasteiger partial charge on any atom is -0.414 e. The van der Waals surface area contributed by atoms with Crippen LogP contribution in [0.2, 0.25) is 18.1 Å². The normalized spacial score (nSPS) is 16.9. The van der Waals surface area contributed by atoms with Crippen LogP contribution in [0, 0.1) is 0 Å². The third kappa shape index (κ3) is 5.28. The molecule has 0 rings (SSSR count). The van der Waals surface area contributed by atoms with Crippen LogP contribution < -0.4 is 0 Å². The average Bonchev–Trinajstić information content (AvgIpc) is 1.99. The van der Waals surface area contributed by atoms with Gasteiger partial charge in [-0.25, -0.2) is 0 Å². The highest BCUT2D eigenvalue weighted by atomic mass is 28.4. The largest absolute Gasteiger partial charge is 0.414 e. The number of hydrogen-bond acceptors (Lipinski definition) is 2. The molecule has 96 valence electrons. The summed E-state index contributed by atoms with van der Waals surface area (Å²) in [4.78, 5) is 0. The molecular weight excluding hydrogens is 216 g/mol. The average molecular weight is 244 g/mol. The van der Waals surface area contributed by atoms with Gasteiger partial charge in [-0.2, -0.15) is 0 Å². The van der Waals surface area contributed by atoms with Gasteiger partial charge in [0, 0.05) is 6.10 Å². The Balaban J connectivity index is 4.23. The summed E-state index contributed by atoms with van der Waals surface area (Å²) in [6, 6.07) is 0. The summed E-state index contributed by atoms with van der Waals surface area (Å²) in [5, 5.41) is 9.91. The summed E-state index contributed by atoms with van der Waals surface area (Å²) in [6.07, 6.45) is 2.89. The Bertz CT molecular complexity index is 218. The van der Waals surface area contributed by atoms with Crippen molar-refractivity contribution < 1.29 is 9.53 Å². The van der Waals surface area contributed by atoms with Gasteiger partial charge in [0.25, 0.3) is 0 Å². The predicted molar refractivity (Wildman–Crippen MR) is 73.2 cm³/mol. The molecule has 0 aliphatic heterocycles. The van der Waals surface area contributed by atoms with E-state index in [9.17, 15) is 5.11 Å². The number of aliphatic hydroxyl groups excluding tert-OH is 1. The van der Waals surface area contributed by atoms with Gasteiger partial charge in [0.2, 0.25) is 0 Å². The summed E-state index contributed by atoms with van der Waals surface area (Å²) in [6.45, 7) is 16.8. The van der Waals surface area contributed by atoms with E-state index < -0.39 is 8.32 Å². The Hall–Kier alpha value is -0.123. The van der Waals surface area contributed by atoms with E-state index in [0.717, 1.165) is 0 Å². The van der Waals surface area contributed by atoms with Crippen LogP contribution in [0.4, 0.5) is 0 Å². The van der Waals surface area contributed by atoms with E-state index in [1.807, 2.05) is 6.92 Å². The lowest BCUT2D eigenvalue weighted by Crippen LogP contribution is -2.43. The van der Waals surface area contributed by atoms with E-state index in [-0.39, 0.29) is 17.2 Å². The molecule has 0 aromatic carbocycles. The second-order valence-corrected chi connectivity index (χ2v) is 10.9. The fraction of sp³-hybridized carbons (Fsp3) is 0.846. The summed E-state index contributed by atoms with van der Waals surface area (Å²) < 4.78 is 6.16. The molecule has 0 unspecified atom stereocenters. The number of hydrogen-bond donors (Lipinski definition) is 1. The first-order chi connectivity index (χ1) is 7.10. The van der Waals surface area contributed by atoms with Crippen molar-refractivity contribution in [1.82, 2.24) is 0 Å². The van der Waals surface area contributed by atoms with Crippen molar-refractivity contribution in [2.75, 3.05) is 0 Å². The molecule has 1 N–H and O–H groups in total. The Morgan fingerprint density at radius 3 is 2.25 bits per heavy atom. The van der Waals surface area contributed by atoms with E-state index in [2.05, 4.69) is 40.4 Å². The van der Waals surface area contributed by atoms with Crippen LogP contribution in [0.5, 0.6) is 0 Å². The third-order valence-electron chi connectivity index (χ3n) is 3.34. The fourth-order valence-electron chi connectivity index (χ4n) is 1.40. The quantitative estimate of drug-likeness (QED) is 0.570. The molecule has 0 aromatic rings. The van der Waals surface area contributed by atoms with Crippen LogP contribution in [0.15, 0.2) is 12.7 Å². The zero-order chi connectivity index (χ0) is 13.0. The molecule has 0 aliphatic carbocycles. The number of aliphatic hydroxyl groups is 1. The van der Waals surface area contributed by atoms with Crippen molar-refractivity contribution >= 4 is 8.32 Å². The van der Waals surface area contributed by atoms with E-state index in [1.54, 1.807) is 6.08 Å². The van der Waals surface area contributed by atoms with Crippen molar-refractivity contribution in [3.8, 4) is 0 Å². The summed E-state index contributed by atoms with van der Waals surface area (Å²) in [5.74, 6) is 0. The maximum absolute atomic E-state index is 9.68. The Morgan fingerprint density at radius 1 is 1.38 bits per heavy atom. The minimum atomic E-state index is -1.69. The van der Waals surface area contributed by atoms with Crippen LogP contribution in [-0.2, 0) is 4.43 Å². The third-order valence-corrected chi connectivity index (χ3v) is 7.95. The molecule has 3 heteroatoms. The van der Waals surface area contributed by atoms with Gasteiger partial charge in [0.05, 0.1) is 6.10 Å². The molecule has 2 nitrogen and oxygen atoms in total. The first kappa shape index (κ1) is 15.9. The van der Waals surface area contributed by atoms with E-state index >= 15 is 0 Å².